The van der Waals surface area contributed by atoms with E-state index in [9.17, 15) is 9.59 Å². The summed E-state index contributed by atoms with van der Waals surface area (Å²) in [6.07, 6.45) is 1.63. The van der Waals surface area contributed by atoms with Crippen molar-refractivity contribution in [3.8, 4) is 0 Å². The number of hydrogen-bond acceptors (Lipinski definition) is 2. The van der Waals surface area contributed by atoms with Crippen LogP contribution < -0.4 is 5.32 Å². The number of carbonyl (C=O) groups excluding carboxylic acids is 1. The second kappa shape index (κ2) is 6.15. The maximum absolute atomic E-state index is 11.6. The van der Waals surface area contributed by atoms with Crippen molar-refractivity contribution in [1.82, 2.24) is 10.2 Å². The van der Waals surface area contributed by atoms with Crippen LogP contribution in [0, 0.1) is 5.41 Å². The molecule has 0 aliphatic rings. The van der Waals surface area contributed by atoms with E-state index in [1.807, 2.05) is 6.92 Å². The van der Waals surface area contributed by atoms with Crippen LogP contribution in [0.2, 0.25) is 0 Å². The Balaban J connectivity index is 4.24. The van der Waals surface area contributed by atoms with Crippen LogP contribution >= 0.6 is 0 Å². The normalized spacial score (nSPS) is 10.7. The molecule has 0 aromatic heterocycles. The first-order chi connectivity index (χ1) is 7.35. The van der Waals surface area contributed by atoms with Crippen LogP contribution in [0.15, 0.2) is 12.7 Å². The standard InChI is InChI=1S/C11H20N2O3/c1-5-7-13(6-2)10(16)12-8-11(3,4)9(14)15/h5H,1,6-8H2,2-4H3,(H,12,16)(H,14,15). The van der Waals surface area contributed by atoms with Gasteiger partial charge in [0.1, 0.15) is 0 Å². The van der Waals surface area contributed by atoms with Crippen LogP contribution in [-0.2, 0) is 4.79 Å². The molecule has 0 atom stereocenters. The number of nitrogens with one attached hydrogen (secondary N) is 1. The predicted molar refractivity (Wildman–Crippen MR) is 62.3 cm³/mol. The summed E-state index contributed by atoms with van der Waals surface area (Å²) in [5.41, 5.74) is -0.955. The number of carbonyl (C=O) groups is 2. The average Bonchev–Trinajstić information content (AvgIpc) is 2.22. The average molecular weight is 228 g/mol. The van der Waals surface area contributed by atoms with Gasteiger partial charge in [0.2, 0.25) is 0 Å². The van der Waals surface area contributed by atoms with Crippen LogP contribution in [0.4, 0.5) is 4.79 Å². The van der Waals surface area contributed by atoms with Crippen LogP contribution in [0.25, 0.3) is 0 Å². The van der Waals surface area contributed by atoms with Gasteiger partial charge in [-0.3, -0.25) is 4.79 Å². The third-order valence-electron chi connectivity index (χ3n) is 2.28. The Labute approximate surface area is 96.1 Å². The highest BCUT2D eigenvalue weighted by atomic mass is 16.4. The summed E-state index contributed by atoms with van der Waals surface area (Å²) < 4.78 is 0. The second-order valence-electron chi connectivity index (χ2n) is 4.18. The van der Waals surface area contributed by atoms with Crippen molar-refractivity contribution in [2.75, 3.05) is 19.6 Å². The highest BCUT2D eigenvalue weighted by molar-refractivity contribution is 5.77. The number of amides is 2. The molecule has 0 rings (SSSR count). The van der Waals surface area contributed by atoms with E-state index >= 15 is 0 Å². The second-order valence-corrected chi connectivity index (χ2v) is 4.18. The molecule has 0 bridgehead atoms. The predicted octanol–water partition coefficient (Wildman–Crippen LogP) is 1.31. The molecule has 0 aliphatic heterocycles. The minimum absolute atomic E-state index is 0.106. The molecule has 0 aromatic rings. The number of hydrogen-bond donors (Lipinski definition) is 2. The first-order valence-corrected chi connectivity index (χ1v) is 5.22. The Kier molecular flexibility index (Phi) is 5.56. The fourth-order valence-electron chi connectivity index (χ4n) is 0.995. The Bertz CT molecular complexity index is 274. The molecule has 2 amide bonds. The summed E-state index contributed by atoms with van der Waals surface area (Å²) in [5.74, 6) is -0.931. The topological polar surface area (TPSA) is 69.6 Å². The molecule has 0 unspecified atom stereocenters. The molecule has 92 valence electrons. The van der Waals surface area contributed by atoms with Crippen molar-refractivity contribution in [2.24, 2.45) is 5.41 Å². The van der Waals surface area contributed by atoms with Gasteiger partial charge in [0.25, 0.3) is 0 Å². The van der Waals surface area contributed by atoms with E-state index in [1.165, 1.54) is 0 Å². The van der Waals surface area contributed by atoms with Gasteiger partial charge in [-0.1, -0.05) is 6.08 Å². The van der Waals surface area contributed by atoms with Crippen molar-refractivity contribution >= 4 is 12.0 Å². The zero-order valence-corrected chi connectivity index (χ0v) is 10.1. The van der Waals surface area contributed by atoms with Crippen LogP contribution in [-0.4, -0.2) is 41.6 Å². The van der Waals surface area contributed by atoms with Crippen LogP contribution in [0.5, 0.6) is 0 Å². The van der Waals surface area contributed by atoms with Crippen molar-refractivity contribution < 1.29 is 14.7 Å². The fraction of sp³-hybridized carbons (Fsp3) is 0.636. The third kappa shape index (κ3) is 4.33. The summed E-state index contributed by atoms with van der Waals surface area (Å²) in [7, 11) is 0. The number of aliphatic carboxylic acids is 1. The van der Waals surface area contributed by atoms with Crippen LogP contribution in [0.3, 0.4) is 0 Å². The number of carboxylic acids is 1. The molecule has 5 heteroatoms. The summed E-state index contributed by atoms with van der Waals surface area (Å²) in [6, 6.07) is -0.267. The smallest absolute Gasteiger partial charge is 0.317 e. The molecule has 0 aromatic carbocycles. The minimum Gasteiger partial charge on any atom is -0.481 e. The van der Waals surface area contributed by atoms with Crippen molar-refractivity contribution in [1.29, 1.82) is 0 Å². The Morgan fingerprint density at radius 1 is 1.50 bits per heavy atom. The quantitative estimate of drug-likeness (QED) is 0.673. The molecule has 0 saturated heterocycles. The number of urea groups is 1. The Morgan fingerprint density at radius 3 is 2.44 bits per heavy atom. The monoisotopic (exact) mass is 228 g/mol. The largest absolute Gasteiger partial charge is 0.481 e. The van der Waals surface area contributed by atoms with Gasteiger partial charge < -0.3 is 15.3 Å². The molecule has 5 nitrogen and oxygen atoms in total. The third-order valence-corrected chi connectivity index (χ3v) is 2.28. The number of nitrogens with zero attached hydrogens (tertiary/aromatic N) is 1. The summed E-state index contributed by atoms with van der Waals surface area (Å²) in [6.45, 7) is 9.66. The van der Waals surface area contributed by atoms with E-state index in [1.54, 1.807) is 24.8 Å². The van der Waals surface area contributed by atoms with E-state index in [4.69, 9.17) is 5.11 Å². The lowest BCUT2D eigenvalue weighted by Crippen LogP contribution is -2.45. The van der Waals surface area contributed by atoms with E-state index < -0.39 is 11.4 Å². The number of carboxylic acid groups (broad SMARTS) is 1. The fourth-order valence-corrected chi connectivity index (χ4v) is 0.995. The first kappa shape index (κ1) is 14.5. The summed E-state index contributed by atoms with van der Waals surface area (Å²) >= 11 is 0. The van der Waals surface area contributed by atoms with Gasteiger partial charge in [-0.2, -0.15) is 0 Å². The summed E-state index contributed by atoms with van der Waals surface area (Å²) in [5, 5.41) is 11.5. The molecular formula is C11H20N2O3. The lowest BCUT2D eigenvalue weighted by atomic mass is 9.94. The van der Waals surface area contributed by atoms with E-state index in [-0.39, 0.29) is 12.6 Å². The van der Waals surface area contributed by atoms with Crippen molar-refractivity contribution in [3.05, 3.63) is 12.7 Å². The van der Waals surface area contributed by atoms with E-state index in [0.29, 0.717) is 13.1 Å². The van der Waals surface area contributed by atoms with Crippen molar-refractivity contribution in [3.63, 3.8) is 0 Å². The zero-order chi connectivity index (χ0) is 12.8. The van der Waals surface area contributed by atoms with Gasteiger partial charge in [0.15, 0.2) is 0 Å². The maximum atomic E-state index is 11.6. The van der Waals surface area contributed by atoms with E-state index in [2.05, 4.69) is 11.9 Å². The Morgan fingerprint density at radius 2 is 2.06 bits per heavy atom. The van der Waals surface area contributed by atoms with Gasteiger partial charge in [-0.25, -0.2) is 4.79 Å². The lowest BCUT2D eigenvalue weighted by molar-refractivity contribution is -0.146. The first-order valence-electron chi connectivity index (χ1n) is 5.22. The maximum Gasteiger partial charge on any atom is 0.317 e. The molecule has 0 radical (unpaired) electrons. The SMILES string of the molecule is C=CCN(CC)C(=O)NCC(C)(C)C(=O)O. The number of rotatable bonds is 6. The van der Waals surface area contributed by atoms with Crippen molar-refractivity contribution in [2.45, 2.75) is 20.8 Å². The molecule has 0 spiro atoms. The molecule has 0 fully saturated rings. The zero-order valence-electron chi connectivity index (χ0n) is 10.1. The molecule has 2 N–H and O–H groups in total. The lowest BCUT2D eigenvalue weighted by Gasteiger charge is -2.24. The van der Waals surface area contributed by atoms with Gasteiger partial charge in [-0.15, -0.1) is 6.58 Å². The van der Waals surface area contributed by atoms with Gasteiger partial charge >= 0.3 is 12.0 Å². The summed E-state index contributed by atoms with van der Waals surface area (Å²) in [4.78, 5) is 24.0. The number of likely N-dealkylation sites (N-methyl/N-ethyl adjacent to an activating group) is 1. The van der Waals surface area contributed by atoms with Gasteiger partial charge in [0.05, 0.1) is 5.41 Å². The molecular weight excluding hydrogens is 208 g/mol. The van der Waals surface area contributed by atoms with Gasteiger partial charge in [0, 0.05) is 19.6 Å². The van der Waals surface area contributed by atoms with E-state index in [0.717, 1.165) is 0 Å². The molecule has 0 saturated carbocycles. The minimum atomic E-state index is -0.955. The molecule has 16 heavy (non-hydrogen) atoms. The molecule has 0 heterocycles. The van der Waals surface area contributed by atoms with Gasteiger partial charge in [-0.05, 0) is 20.8 Å². The highest BCUT2D eigenvalue weighted by Gasteiger charge is 2.28. The molecule has 0 aliphatic carbocycles. The highest BCUT2D eigenvalue weighted by Crippen LogP contribution is 2.13. The van der Waals surface area contributed by atoms with Crippen LogP contribution in [0.1, 0.15) is 20.8 Å². The Hall–Kier alpha value is -1.52.